The van der Waals surface area contributed by atoms with E-state index in [0.29, 0.717) is 10.9 Å². The van der Waals surface area contributed by atoms with Crippen LogP contribution in [0.3, 0.4) is 0 Å². The minimum atomic E-state index is 0.0521. The molecule has 5 heteroatoms. The van der Waals surface area contributed by atoms with E-state index in [-0.39, 0.29) is 5.91 Å². The van der Waals surface area contributed by atoms with E-state index in [0.717, 1.165) is 29.7 Å². The van der Waals surface area contributed by atoms with Gasteiger partial charge in [0.05, 0.1) is 0 Å². The lowest BCUT2D eigenvalue weighted by atomic mass is 10.2. The van der Waals surface area contributed by atoms with Crippen LogP contribution in [0.4, 0.5) is 0 Å². The maximum absolute atomic E-state index is 12.2. The van der Waals surface area contributed by atoms with E-state index in [9.17, 15) is 4.79 Å². The molecular weight excluding hydrogens is 300 g/mol. The number of hydrogen-bond acceptors (Lipinski definition) is 3. The van der Waals surface area contributed by atoms with Gasteiger partial charge in [-0.3, -0.25) is 4.79 Å². The van der Waals surface area contributed by atoms with Gasteiger partial charge in [-0.05, 0) is 34.5 Å². The quantitative estimate of drug-likeness (QED) is 0.841. The van der Waals surface area contributed by atoms with Crippen molar-refractivity contribution in [3.05, 3.63) is 28.5 Å². The van der Waals surface area contributed by atoms with Gasteiger partial charge in [-0.1, -0.05) is 6.92 Å². The smallest absolute Gasteiger partial charge is 0.272 e. The monoisotopic (exact) mass is 314 g/mol. The van der Waals surface area contributed by atoms with E-state index in [2.05, 4.69) is 27.8 Å². The molecule has 1 aliphatic rings. The van der Waals surface area contributed by atoms with E-state index >= 15 is 0 Å². The summed E-state index contributed by atoms with van der Waals surface area (Å²) in [6, 6.07) is 3.63. The molecule has 0 N–H and O–H groups in total. The summed E-state index contributed by atoms with van der Waals surface area (Å²) in [6.45, 7) is 3.85. The fourth-order valence-corrected chi connectivity index (χ4v) is 3.23. The Kier molecular flexibility index (Phi) is 4.45. The lowest BCUT2D eigenvalue weighted by Gasteiger charge is -2.31. The molecule has 0 saturated carbocycles. The molecule has 0 spiro atoms. The van der Waals surface area contributed by atoms with Crippen LogP contribution in [0.2, 0.25) is 0 Å². The molecule has 2 rings (SSSR count). The number of carbonyl (C=O) groups excluding carboxylic acids is 1. The van der Waals surface area contributed by atoms with Crippen LogP contribution in [-0.4, -0.2) is 39.9 Å². The molecule has 0 bridgehead atoms. The van der Waals surface area contributed by atoms with Gasteiger partial charge in [0.15, 0.2) is 0 Å². The molecule has 1 fully saturated rings. The number of rotatable bonds is 2. The number of aromatic nitrogens is 1. The zero-order valence-corrected chi connectivity index (χ0v) is 12.1. The van der Waals surface area contributed by atoms with Crippen molar-refractivity contribution in [1.29, 1.82) is 0 Å². The molecule has 1 unspecified atom stereocenters. The standard InChI is InChI=1S/C12H15BrN2OS/c1-2-10-8-15(5-6-17-10)12(16)11-4-3-9(13)7-14-11/h3-4,7,10H,2,5-6,8H2,1H3. The summed E-state index contributed by atoms with van der Waals surface area (Å²) in [5.74, 6) is 1.08. The summed E-state index contributed by atoms with van der Waals surface area (Å²) in [6.07, 6.45) is 2.78. The van der Waals surface area contributed by atoms with Crippen molar-refractivity contribution in [3.8, 4) is 0 Å². The van der Waals surface area contributed by atoms with Crippen molar-refractivity contribution in [2.45, 2.75) is 18.6 Å². The fraction of sp³-hybridized carbons (Fsp3) is 0.500. The third kappa shape index (κ3) is 3.22. The Balaban J connectivity index is 2.06. The summed E-state index contributed by atoms with van der Waals surface area (Å²) in [7, 11) is 0. The van der Waals surface area contributed by atoms with E-state index in [4.69, 9.17) is 0 Å². The molecule has 2 heterocycles. The number of nitrogens with zero attached hydrogens (tertiary/aromatic N) is 2. The van der Waals surface area contributed by atoms with Crippen LogP contribution in [0.1, 0.15) is 23.8 Å². The van der Waals surface area contributed by atoms with Crippen LogP contribution < -0.4 is 0 Å². The van der Waals surface area contributed by atoms with Gasteiger partial charge in [0.1, 0.15) is 5.69 Å². The summed E-state index contributed by atoms with van der Waals surface area (Å²) in [5.41, 5.74) is 0.537. The average Bonchev–Trinajstić information content (AvgIpc) is 2.39. The third-order valence-electron chi connectivity index (χ3n) is 2.83. The highest BCUT2D eigenvalue weighted by atomic mass is 79.9. The first-order valence-electron chi connectivity index (χ1n) is 5.73. The zero-order valence-electron chi connectivity index (χ0n) is 9.73. The Bertz CT molecular complexity index is 396. The molecule has 1 amide bonds. The van der Waals surface area contributed by atoms with E-state index < -0.39 is 0 Å². The summed E-state index contributed by atoms with van der Waals surface area (Å²) >= 11 is 5.28. The van der Waals surface area contributed by atoms with Crippen molar-refractivity contribution in [3.63, 3.8) is 0 Å². The molecule has 1 aromatic rings. The van der Waals surface area contributed by atoms with Crippen molar-refractivity contribution in [1.82, 2.24) is 9.88 Å². The Morgan fingerprint density at radius 1 is 1.65 bits per heavy atom. The largest absolute Gasteiger partial charge is 0.335 e. The Morgan fingerprint density at radius 3 is 3.12 bits per heavy atom. The van der Waals surface area contributed by atoms with Gasteiger partial charge in [0, 0.05) is 34.8 Å². The van der Waals surface area contributed by atoms with Gasteiger partial charge >= 0.3 is 0 Å². The predicted molar refractivity (Wildman–Crippen MR) is 74.4 cm³/mol. The second-order valence-corrected chi connectivity index (χ2v) is 6.34. The number of pyridine rings is 1. The van der Waals surface area contributed by atoms with Crippen LogP contribution in [0.25, 0.3) is 0 Å². The first-order valence-corrected chi connectivity index (χ1v) is 7.57. The molecule has 92 valence electrons. The number of thioether (sulfide) groups is 1. The first kappa shape index (κ1) is 12.9. The third-order valence-corrected chi connectivity index (χ3v) is 4.67. The molecule has 1 atom stereocenters. The van der Waals surface area contributed by atoms with Gasteiger partial charge in [-0.2, -0.15) is 11.8 Å². The molecule has 1 aliphatic heterocycles. The summed E-state index contributed by atoms with van der Waals surface area (Å²) < 4.78 is 0.898. The molecule has 0 aliphatic carbocycles. The molecular formula is C12H15BrN2OS. The van der Waals surface area contributed by atoms with Gasteiger partial charge < -0.3 is 4.90 Å². The Morgan fingerprint density at radius 2 is 2.47 bits per heavy atom. The SMILES string of the molecule is CCC1CN(C(=O)c2ccc(Br)cn2)CCS1. The number of carbonyl (C=O) groups is 1. The lowest BCUT2D eigenvalue weighted by molar-refractivity contribution is 0.0755. The minimum absolute atomic E-state index is 0.0521. The highest BCUT2D eigenvalue weighted by Gasteiger charge is 2.24. The first-order chi connectivity index (χ1) is 8.20. The number of halogens is 1. The molecule has 3 nitrogen and oxygen atoms in total. The van der Waals surface area contributed by atoms with Gasteiger partial charge in [-0.25, -0.2) is 4.98 Å². The highest BCUT2D eigenvalue weighted by Crippen LogP contribution is 2.22. The molecule has 0 radical (unpaired) electrons. The maximum atomic E-state index is 12.2. The lowest BCUT2D eigenvalue weighted by Crippen LogP contribution is -2.42. The van der Waals surface area contributed by atoms with Gasteiger partial charge in [0.2, 0.25) is 0 Å². The van der Waals surface area contributed by atoms with Crippen LogP contribution >= 0.6 is 27.7 Å². The average molecular weight is 315 g/mol. The Hall–Kier alpha value is -0.550. The van der Waals surface area contributed by atoms with E-state index in [1.165, 1.54) is 0 Å². The molecule has 17 heavy (non-hydrogen) atoms. The zero-order chi connectivity index (χ0) is 12.3. The summed E-state index contributed by atoms with van der Waals surface area (Å²) in [4.78, 5) is 18.3. The molecule has 1 aromatic heterocycles. The number of amides is 1. The second kappa shape index (κ2) is 5.87. The van der Waals surface area contributed by atoms with Crippen molar-refractivity contribution >= 4 is 33.6 Å². The van der Waals surface area contributed by atoms with E-state index in [1.807, 2.05) is 22.7 Å². The maximum Gasteiger partial charge on any atom is 0.272 e. The van der Waals surface area contributed by atoms with Crippen LogP contribution in [-0.2, 0) is 0 Å². The highest BCUT2D eigenvalue weighted by molar-refractivity contribution is 9.10. The van der Waals surface area contributed by atoms with Crippen molar-refractivity contribution in [2.75, 3.05) is 18.8 Å². The van der Waals surface area contributed by atoms with Crippen molar-refractivity contribution < 1.29 is 4.79 Å². The second-order valence-electron chi connectivity index (χ2n) is 4.01. The molecule has 1 saturated heterocycles. The summed E-state index contributed by atoms with van der Waals surface area (Å²) in [5, 5.41) is 0.572. The predicted octanol–water partition coefficient (Wildman–Crippen LogP) is 2.81. The Labute approximate surface area is 114 Å². The number of hydrogen-bond donors (Lipinski definition) is 0. The topological polar surface area (TPSA) is 33.2 Å². The van der Waals surface area contributed by atoms with Crippen LogP contribution in [0.5, 0.6) is 0 Å². The normalized spacial score (nSPS) is 20.4. The van der Waals surface area contributed by atoms with E-state index in [1.54, 1.807) is 12.3 Å². The van der Waals surface area contributed by atoms with Crippen molar-refractivity contribution in [2.24, 2.45) is 0 Å². The van der Waals surface area contributed by atoms with Crippen LogP contribution in [0.15, 0.2) is 22.8 Å². The van der Waals surface area contributed by atoms with Gasteiger partial charge in [0.25, 0.3) is 5.91 Å². The fourth-order valence-electron chi connectivity index (χ4n) is 1.82. The minimum Gasteiger partial charge on any atom is -0.335 e. The van der Waals surface area contributed by atoms with Crippen LogP contribution in [0, 0.1) is 0 Å². The van der Waals surface area contributed by atoms with Gasteiger partial charge in [-0.15, -0.1) is 0 Å². The molecule has 0 aromatic carbocycles.